The summed E-state index contributed by atoms with van der Waals surface area (Å²) >= 11 is 12.5. The van der Waals surface area contributed by atoms with Crippen molar-refractivity contribution in [1.82, 2.24) is 15.1 Å². The maximum absolute atomic E-state index is 13.3. The highest BCUT2D eigenvalue weighted by Gasteiger charge is 2.43. The van der Waals surface area contributed by atoms with Gasteiger partial charge in [0.25, 0.3) is 5.91 Å². The number of halogens is 2. The summed E-state index contributed by atoms with van der Waals surface area (Å²) in [6, 6.07) is 14.0. The predicted molar refractivity (Wildman–Crippen MR) is 123 cm³/mol. The molecular formula is C23H21Cl2N3O5. The third-order valence-corrected chi connectivity index (χ3v) is 6.14. The van der Waals surface area contributed by atoms with Gasteiger partial charge >= 0.3 is 5.97 Å². The number of benzene rings is 2. The Morgan fingerprint density at radius 3 is 2.39 bits per heavy atom. The number of rotatable bonds is 6. The van der Waals surface area contributed by atoms with E-state index in [4.69, 9.17) is 32.7 Å². The Balaban J connectivity index is 1.86. The van der Waals surface area contributed by atoms with E-state index in [2.05, 4.69) is 10.4 Å². The third-order valence-electron chi connectivity index (χ3n) is 5.57. The molecule has 0 spiro atoms. The highest BCUT2D eigenvalue weighted by atomic mass is 35.5. The average Bonchev–Trinajstić information content (AvgIpc) is 3.20. The zero-order valence-electron chi connectivity index (χ0n) is 17.7. The first-order chi connectivity index (χ1) is 15.9. The summed E-state index contributed by atoms with van der Waals surface area (Å²) in [5.41, 5.74) is 0.176. The highest BCUT2D eigenvalue weighted by Crippen LogP contribution is 2.37. The fraction of sp³-hybridized carbons (Fsp3) is 0.261. The number of nitrogens with one attached hydrogen (secondary N) is 1. The van der Waals surface area contributed by atoms with Crippen LogP contribution in [0.25, 0.3) is 16.9 Å². The molecule has 1 fully saturated rings. The minimum Gasteiger partial charge on any atom is -0.492 e. The second kappa shape index (κ2) is 9.43. The molecule has 0 saturated carbocycles. The molecule has 0 unspecified atom stereocenters. The number of hydrogen-bond acceptors (Lipinski definition) is 5. The van der Waals surface area contributed by atoms with Gasteiger partial charge < -0.3 is 19.9 Å². The van der Waals surface area contributed by atoms with Gasteiger partial charge in [-0.15, -0.1) is 0 Å². The molecule has 3 aromatic rings. The first-order valence-corrected chi connectivity index (χ1v) is 10.9. The van der Waals surface area contributed by atoms with Gasteiger partial charge in [0.1, 0.15) is 11.2 Å². The van der Waals surface area contributed by atoms with Gasteiger partial charge in [-0.2, -0.15) is 5.10 Å². The Bertz CT molecular complexity index is 1190. The van der Waals surface area contributed by atoms with Crippen molar-refractivity contribution in [2.24, 2.45) is 0 Å². The van der Waals surface area contributed by atoms with Crippen molar-refractivity contribution in [2.75, 3.05) is 20.3 Å². The Morgan fingerprint density at radius 2 is 1.79 bits per heavy atom. The molecule has 2 aromatic carbocycles. The van der Waals surface area contributed by atoms with Crippen LogP contribution in [0.3, 0.4) is 0 Å². The van der Waals surface area contributed by atoms with E-state index in [1.807, 2.05) is 0 Å². The maximum atomic E-state index is 13.3. The van der Waals surface area contributed by atoms with Crippen molar-refractivity contribution < 1.29 is 24.2 Å². The molecule has 2 N–H and O–H groups in total. The standard InChI is InChI=1S/C23H21Cl2N3O5/c1-32-20-18(21(29)26-23(22(30)31)10-12-33-13-11-23)27-28(17-5-3-2-4-16(17)25)19(20)14-6-8-15(24)9-7-14/h2-9H,10-13H2,1H3,(H,26,29)(H,30,31). The van der Waals surface area contributed by atoms with Crippen molar-refractivity contribution in [1.29, 1.82) is 0 Å². The van der Waals surface area contributed by atoms with Crippen molar-refractivity contribution in [2.45, 2.75) is 18.4 Å². The summed E-state index contributed by atoms with van der Waals surface area (Å²) in [7, 11) is 1.42. The molecule has 1 saturated heterocycles. The van der Waals surface area contributed by atoms with E-state index in [-0.39, 0.29) is 37.5 Å². The van der Waals surface area contributed by atoms with Gasteiger partial charge in [0.05, 0.1) is 17.8 Å². The van der Waals surface area contributed by atoms with Crippen LogP contribution in [-0.4, -0.2) is 52.6 Å². The largest absolute Gasteiger partial charge is 0.492 e. The molecular weight excluding hydrogens is 469 g/mol. The number of aliphatic carboxylic acids is 1. The van der Waals surface area contributed by atoms with Gasteiger partial charge in [-0.1, -0.05) is 47.5 Å². The average molecular weight is 490 g/mol. The van der Waals surface area contributed by atoms with Crippen molar-refractivity contribution in [3.05, 3.63) is 64.3 Å². The number of carbonyl (C=O) groups is 2. The maximum Gasteiger partial charge on any atom is 0.329 e. The van der Waals surface area contributed by atoms with Crippen LogP contribution in [0, 0.1) is 0 Å². The molecule has 1 amide bonds. The summed E-state index contributed by atoms with van der Waals surface area (Å²) in [5, 5.41) is 18.0. The van der Waals surface area contributed by atoms with Crippen molar-refractivity contribution in [3.63, 3.8) is 0 Å². The Hall–Kier alpha value is -3.07. The lowest BCUT2D eigenvalue weighted by molar-refractivity contribution is -0.148. The topological polar surface area (TPSA) is 103 Å². The van der Waals surface area contributed by atoms with E-state index in [1.165, 1.54) is 11.8 Å². The van der Waals surface area contributed by atoms with Gasteiger partial charge in [-0.3, -0.25) is 4.79 Å². The SMILES string of the molecule is COc1c(C(=O)NC2(C(=O)O)CCOCC2)nn(-c2ccccc2Cl)c1-c1ccc(Cl)cc1. The van der Waals surface area contributed by atoms with Crippen LogP contribution >= 0.6 is 23.2 Å². The Labute approximate surface area is 200 Å². The van der Waals surface area contributed by atoms with Crippen LogP contribution in [0.1, 0.15) is 23.3 Å². The number of methoxy groups -OCH3 is 1. The van der Waals surface area contributed by atoms with Gasteiger partial charge in [-0.05, 0) is 24.3 Å². The number of para-hydroxylation sites is 1. The fourth-order valence-electron chi connectivity index (χ4n) is 3.79. The summed E-state index contributed by atoms with van der Waals surface area (Å²) in [6.45, 7) is 0.460. The Morgan fingerprint density at radius 1 is 1.12 bits per heavy atom. The molecule has 172 valence electrons. The quantitative estimate of drug-likeness (QED) is 0.537. The van der Waals surface area contributed by atoms with Crippen LogP contribution in [0.4, 0.5) is 0 Å². The van der Waals surface area contributed by atoms with Crippen LogP contribution in [0.2, 0.25) is 10.0 Å². The van der Waals surface area contributed by atoms with Crippen LogP contribution < -0.4 is 10.1 Å². The molecule has 2 heterocycles. The van der Waals surface area contributed by atoms with Crippen molar-refractivity contribution >= 4 is 35.1 Å². The number of aromatic nitrogens is 2. The second-order valence-electron chi connectivity index (χ2n) is 7.55. The van der Waals surface area contributed by atoms with E-state index >= 15 is 0 Å². The molecule has 0 atom stereocenters. The lowest BCUT2D eigenvalue weighted by Crippen LogP contribution is -2.57. The summed E-state index contributed by atoms with van der Waals surface area (Å²) in [5.74, 6) is -1.61. The normalized spacial score (nSPS) is 15.1. The number of amides is 1. The monoisotopic (exact) mass is 489 g/mol. The molecule has 1 aliphatic rings. The van der Waals surface area contributed by atoms with Gasteiger partial charge in [-0.25, -0.2) is 9.48 Å². The summed E-state index contributed by atoms with van der Waals surface area (Å²) in [6.07, 6.45) is 0.289. The van der Waals surface area contributed by atoms with E-state index in [0.717, 1.165) is 0 Å². The lowest BCUT2D eigenvalue weighted by atomic mass is 9.90. The van der Waals surface area contributed by atoms with Gasteiger partial charge in [0.15, 0.2) is 11.4 Å². The molecule has 1 aromatic heterocycles. The molecule has 8 nitrogen and oxygen atoms in total. The first-order valence-electron chi connectivity index (χ1n) is 10.2. The fourth-order valence-corrected chi connectivity index (χ4v) is 4.14. The number of carboxylic acid groups (broad SMARTS) is 1. The second-order valence-corrected chi connectivity index (χ2v) is 8.40. The first kappa shape index (κ1) is 23.1. The number of carboxylic acids is 1. The molecule has 4 rings (SSSR count). The zero-order chi connectivity index (χ0) is 23.6. The number of ether oxygens (including phenoxy) is 2. The third kappa shape index (κ3) is 4.42. The van der Waals surface area contributed by atoms with E-state index < -0.39 is 17.4 Å². The number of nitrogens with zero attached hydrogens (tertiary/aromatic N) is 2. The molecule has 0 aliphatic carbocycles. The van der Waals surface area contributed by atoms with Gasteiger partial charge in [0, 0.05) is 36.6 Å². The summed E-state index contributed by atoms with van der Waals surface area (Å²) < 4.78 is 12.4. The van der Waals surface area contributed by atoms with Crippen LogP contribution in [-0.2, 0) is 9.53 Å². The minimum atomic E-state index is -1.45. The molecule has 0 bridgehead atoms. The zero-order valence-corrected chi connectivity index (χ0v) is 19.2. The summed E-state index contributed by atoms with van der Waals surface area (Å²) in [4.78, 5) is 25.4. The smallest absolute Gasteiger partial charge is 0.329 e. The number of carbonyl (C=O) groups excluding carboxylic acids is 1. The van der Waals surface area contributed by atoms with E-state index in [1.54, 1.807) is 48.5 Å². The number of hydrogen-bond donors (Lipinski definition) is 2. The lowest BCUT2D eigenvalue weighted by Gasteiger charge is -2.33. The van der Waals surface area contributed by atoms with Crippen LogP contribution in [0.5, 0.6) is 5.75 Å². The predicted octanol–water partition coefficient (Wildman–Crippen LogP) is 4.22. The van der Waals surface area contributed by atoms with Gasteiger partial charge in [0.2, 0.25) is 0 Å². The highest BCUT2D eigenvalue weighted by molar-refractivity contribution is 6.32. The molecule has 1 aliphatic heterocycles. The molecule has 33 heavy (non-hydrogen) atoms. The van der Waals surface area contributed by atoms with Crippen molar-refractivity contribution in [3.8, 4) is 22.7 Å². The molecule has 0 radical (unpaired) electrons. The Kier molecular flexibility index (Phi) is 6.60. The van der Waals surface area contributed by atoms with E-state index in [0.29, 0.717) is 27.0 Å². The van der Waals surface area contributed by atoms with E-state index in [9.17, 15) is 14.7 Å². The van der Waals surface area contributed by atoms with Crippen LogP contribution in [0.15, 0.2) is 48.5 Å². The molecule has 10 heteroatoms. The minimum absolute atomic E-state index is 0.0607.